The van der Waals surface area contributed by atoms with Gasteiger partial charge in [0.2, 0.25) is 0 Å². The molecule has 0 saturated carbocycles. The first kappa shape index (κ1) is 16.1. The first-order chi connectivity index (χ1) is 11.1. The maximum Gasteiger partial charge on any atom is 0.120 e. The van der Waals surface area contributed by atoms with E-state index >= 15 is 0 Å². The molecule has 124 valence electrons. The molecule has 1 saturated heterocycles. The number of imidazole rings is 1. The standard InChI is InChI=1S/C18H27N5/c1-14-4-5-16(20-10-14)18(6-8-19-9-7-18)13-23(3)12-17-21-11-15(2)22-17/h4-5,10-11,19H,6-9,12-13H2,1-3H3,(H,21,22). The van der Waals surface area contributed by atoms with Crippen LogP contribution in [0.5, 0.6) is 0 Å². The lowest BCUT2D eigenvalue weighted by molar-refractivity contribution is 0.189. The van der Waals surface area contributed by atoms with E-state index in [-0.39, 0.29) is 5.41 Å². The third-order valence-electron chi connectivity index (χ3n) is 4.76. The van der Waals surface area contributed by atoms with Crippen LogP contribution in [0.3, 0.4) is 0 Å². The largest absolute Gasteiger partial charge is 0.345 e. The predicted molar refractivity (Wildman–Crippen MR) is 92.4 cm³/mol. The summed E-state index contributed by atoms with van der Waals surface area (Å²) in [6, 6.07) is 4.40. The van der Waals surface area contributed by atoms with Gasteiger partial charge >= 0.3 is 0 Å². The number of likely N-dealkylation sites (N-methyl/N-ethyl adjacent to an activating group) is 1. The molecule has 1 aliphatic heterocycles. The van der Waals surface area contributed by atoms with Gasteiger partial charge in [-0.3, -0.25) is 9.88 Å². The van der Waals surface area contributed by atoms with E-state index in [1.54, 1.807) is 0 Å². The minimum Gasteiger partial charge on any atom is -0.345 e. The van der Waals surface area contributed by atoms with Crippen molar-refractivity contribution in [1.29, 1.82) is 0 Å². The quantitative estimate of drug-likeness (QED) is 0.888. The van der Waals surface area contributed by atoms with E-state index < -0.39 is 0 Å². The molecule has 3 rings (SSSR count). The third-order valence-corrected chi connectivity index (χ3v) is 4.76. The highest BCUT2D eigenvalue weighted by molar-refractivity contribution is 5.22. The number of H-pyrrole nitrogens is 1. The Bertz CT molecular complexity index is 625. The van der Waals surface area contributed by atoms with E-state index in [1.807, 2.05) is 19.3 Å². The van der Waals surface area contributed by atoms with Crippen LogP contribution in [0.2, 0.25) is 0 Å². The van der Waals surface area contributed by atoms with E-state index in [9.17, 15) is 0 Å². The summed E-state index contributed by atoms with van der Waals surface area (Å²) in [7, 11) is 2.18. The molecule has 0 aliphatic carbocycles. The van der Waals surface area contributed by atoms with Gasteiger partial charge in [0.1, 0.15) is 5.82 Å². The molecule has 2 aromatic rings. The van der Waals surface area contributed by atoms with Crippen molar-refractivity contribution >= 4 is 0 Å². The molecule has 5 heteroatoms. The lowest BCUT2D eigenvalue weighted by Gasteiger charge is -2.40. The van der Waals surface area contributed by atoms with Crippen molar-refractivity contribution in [2.75, 3.05) is 26.7 Å². The zero-order valence-corrected chi connectivity index (χ0v) is 14.4. The van der Waals surface area contributed by atoms with Gasteiger partial charge in [-0.25, -0.2) is 4.98 Å². The van der Waals surface area contributed by atoms with E-state index in [0.717, 1.165) is 50.5 Å². The number of nitrogens with one attached hydrogen (secondary N) is 2. The van der Waals surface area contributed by atoms with Crippen molar-refractivity contribution in [3.63, 3.8) is 0 Å². The number of aryl methyl sites for hydroxylation is 2. The second kappa shape index (κ2) is 6.81. The minimum absolute atomic E-state index is 0.134. The summed E-state index contributed by atoms with van der Waals surface area (Å²) in [6.45, 7) is 8.10. The molecule has 5 nitrogen and oxygen atoms in total. The second-order valence-corrected chi connectivity index (χ2v) is 6.94. The van der Waals surface area contributed by atoms with Crippen molar-refractivity contribution in [2.45, 2.75) is 38.6 Å². The zero-order chi connectivity index (χ0) is 16.3. The SMILES string of the molecule is Cc1ccc(C2(CN(C)Cc3ncc(C)[nH]3)CCNCC2)nc1. The van der Waals surface area contributed by atoms with Gasteiger partial charge in [0.25, 0.3) is 0 Å². The van der Waals surface area contributed by atoms with E-state index in [4.69, 9.17) is 4.98 Å². The van der Waals surface area contributed by atoms with Crippen LogP contribution in [0.1, 0.15) is 35.6 Å². The molecule has 0 unspecified atom stereocenters. The Morgan fingerprint density at radius 1 is 1.13 bits per heavy atom. The highest BCUT2D eigenvalue weighted by Crippen LogP contribution is 2.33. The average molecular weight is 313 g/mol. The van der Waals surface area contributed by atoms with Crippen molar-refractivity contribution in [3.8, 4) is 0 Å². The van der Waals surface area contributed by atoms with Crippen molar-refractivity contribution in [3.05, 3.63) is 47.3 Å². The van der Waals surface area contributed by atoms with Crippen LogP contribution >= 0.6 is 0 Å². The van der Waals surface area contributed by atoms with Gasteiger partial charge in [-0.1, -0.05) is 6.07 Å². The monoisotopic (exact) mass is 313 g/mol. The van der Waals surface area contributed by atoms with Crippen LogP contribution in [0.4, 0.5) is 0 Å². The number of piperidine rings is 1. The first-order valence-corrected chi connectivity index (χ1v) is 8.40. The molecule has 0 radical (unpaired) electrons. The van der Waals surface area contributed by atoms with Crippen LogP contribution in [0.25, 0.3) is 0 Å². The lowest BCUT2D eigenvalue weighted by atomic mass is 9.75. The zero-order valence-electron chi connectivity index (χ0n) is 14.4. The van der Waals surface area contributed by atoms with Crippen molar-refractivity contribution in [1.82, 2.24) is 25.2 Å². The van der Waals surface area contributed by atoms with Crippen LogP contribution in [0.15, 0.2) is 24.5 Å². The number of aromatic nitrogens is 3. The van der Waals surface area contributed by atoms with E-state index in [2.05, 4.69) is 46.3 Å². The van der Waals surface area contributed by atoms with Crippen LogP contribution < -0.4 is 5.32 Å². The third kappa shape index (κ3) is 3.79. The molecule has 1 fully saturated rings. The van der Waals surface area contributed by atoms with Gasteiger partial charge in [-0.15, -0.1) is 0 Å². The Kier molecular flexibility index (Phi) is 4.78. The van der Waals surface area contributed by atoms with Gasteiger partial charge < -0.3 is 10.3 Å². The second-order valence-electron chi connectivity index (χ2n) is 6.94. The average Bonchev–Trinajstić information content (AvgIpc) is 2.93. The molecule has 0 bridgehead atoms. The summed E-state index contributed by atoms with van der Waals surface area (Å²) in [5.41, 5.74) is 3.70. The van der Waals surface area contributed by atoms with Gasteiger partial charge in [-0.2, -0.15) is 0 Å². The minimum atomic E-state index is 0.134. The summed E-state index contributed by atoms with van der Waals surface area (Å²) >= 11 is 0. The summed E-state index contributed by atoms with van der Waals surface area (Å²) in [5, 5.41) is 3.48. The molecule has 3 heterocycles. The van der Waals surface area contributed by atoms with Gasteiger partial charge in [-0.05, 0) is 58.5 Å². The van der Waals surface area contributed by atoms with Crippen molar-refractivity contribution < 1.29 is 0 Å². The predicted octanol–water partition coefficient (Wildman–Crippen LogP) is 2.17. The summed E-state index contributed by atoms with van der Waals surface area (Å²) in [6.07, 6.45) is 6.15. The van der Waals surface area contributed by atoms with E-state index in [1.165, 1.54) is 11.3 Å². The van der Waals surface area contributed by atoms with Gasteiger partial charge in [0.15, 0.2) is 0 Å². The number of nitrogens with zero attached hydrogens (tertiary/aromatic N) is 3. The lowest BCUT2D eigenvalue weighted by Crippen LogP contribution is -2.47. The van der Waals surface area contributed by atoms with Crippen LogP contribution in [-0.2, 0) is 12.0 Å². The fourth-order valence-corrected chi connectivity index (χ4v) is 3.56. The molecular weight excluding hydrogens is 286 g/mol. The molecule has 1 aliphatic rings. The number of pyridine rings is 1. The van der Waals surface area contributed by atoms with Crippen molar-refractivity contribution in [2.24, 2.45) is 0 Å². The molecule has 0 spiro atoms. The van der Waals surface area contributed by atoms with Crippen LogP contribution in [0, 0.1) is 13.8 Å². The summed E-state index contributed by atoms with van der Waals surface area (Å²) < 4.78 is 0. The molecular formula is C18H27N5. The molecule has 2 N–H and O–H groups in total. The molecule has 0 aromatic carbocycles. The maximum atomic E-state index is 4.76. The Morgan fingerprint density at radius 2 is 1.91 bits per heavy atom. The van der Waals surface area contributed by atoms with Crippen LogP contribution in [-0.4, -0.2) is 46.5 Å². The summed E-state index contributed by atoms with van der Waals surface area (Å²) in [5.74, 6) is 1.03. The van der Waals surface area contributed by atoms with Gasteiger partial charge in [0.05, 0.1) is 6.54 Å². The fourth-order valence-electron chi connectivity index (χ4n) is 3.56. The smallest absolute Gasteiger partial charge is 0.120 e. The molecule has 0 atom stereocenters. The topological polar surface area (TPSA) is 56.8 Å². The Labute approximate surface area is 138 Å². The molecule has 2 aromatic heterocycles. The van der Waals surface area contributed by atoms with Gasteiger partial charge in [0, 0.05) is 35.7 Å². The number of aromatic amines is 1. The number of rotatable bonds is 5. The fraction of sp³-hybridized carbons (Fsp3) is 0.556. The normalized spacial score (nSPS) is 17.6. The van der Waals surface area contributed by atoms with E-state index in [0.29, 0.717) is 0 Å². The number of hydrogen-bond acceptors (Lipinski definition) is 4. The highest BCUT2D eigenvalue weighted by Gasteiger charge is 2.36. The Hall–Kier alpha value is -1.72. The highest BCUT2D eigenvalue weighted by atomic mass is 15.1. The number of hydrogen-bond donors (Lipinski definition) is 2. The molecule has 0 amide bonds. The Balaban J connectivity index is 1.77. The summed E-state index contributed by atoms with van der Waals surface area (Å²) in [4.78, 5) is 14.9. The maximum absolute atomic E-state index is 4.76. The Morgan fingerprint density at radius 3 is 2.52 bits per heavy atom. The first-order valence-electron chi connectivity index (χ1n) is 8.40. The molecule has 23 heavy (non-hydrogen) atoms.